The standard InChI is InChI=1S/C30H23FN6O5/c31-23-10-18(13-32)4-5-20(23)17-42-28-3-1-2-24(35-28)21-12-29(38)37(33-14-21)16-27-34-25-7-6-19(30(39)40)11-26(25)36(27)15-22-8-9-41-22/h1-7,10-12,14,22H,8-9,15-17H2,(H,39,40). The van der Waals surface area contributed by atoms with Crippen molar-refractivity contribution < 1.29 is 23.8 Å². The van der Waals surface area contributed by atoms with Crippen molar-refractivity contribution >= 4 is 17.0 Å². The van der Waals surface area contributed by atoms with Crippen LogP contribution in [0, 0.1) is 17.1 Å². The molecule has 1 N–H and O–H groups in total. The lowest BCUT2D eigenvalue weighted by Gasteiger charge is -2.27. The summed E-state index contributed by atoms with van der Waals surface area (Å²) in [4.78, 5) is 33.7. The van der Waals surface area contributed by atoms with Gasteiger partial charge in [0.1, 0.15) is 24.8 Å². The van der Waals surface area contributed by atoms with E-state index in [9.17, 15) is 19.1 Å². The van der Waals surface area contributed by atoms with Crippen LogP contribution in [0.5, 0.6) is 5.88 Å². The Balaban J connectivity index is 1.23. The number of nitriles is 1. The molecule has 0 saturated carbocycles. The van der Waals surface area contributed by atoms with Gasteiger partial charge in [0.15, 0.2) is 0 Å². The van der Waals surface area contributed by atoms with E-state index in [1.54, 1.807) is 30.3 Å². The van der Waals surface area contributed by atoms with Crippen molar-refractivity contribution in [3.8, 4) is 23.2 Å². The minimum absolute atomic E-state index is 0.0179. The molecule has 2 aromatic carbocycles. The second-order valence-electron chi connectivity index (χ2n) is 9.74. The van der Waals surface area contributed by atoms with Gasteiger partial charge in [-0.3, -0.25) is 4.79 Å². The number of hydrogen-bond acceptors (Lipinski definition) is 8. The van der Waals surface area contributed by atoms with E-state index in [-0.39, 0.29) is 47.4 Å². The van der Waals surface area contributed by atoms with Crippen molar-refractivity contribution in [2.75, 3.05) is 6.61 Å². The number of benzene rings is 2. The van der Waals surface area contributed by atoms with Gasteiger partial charge in [0, 0.05) is 29.9 Å². The summed E-state index contributed by atoms with van der Waals surface area (Å²) in [7, 11) is 0. The van der Waals surface area contributed by atoms with Crippen LogP contribution in [0.2, 0.25) is 0 Å². The first kappa shape index (κ1) is 26.8. The van der Waals surface area contributed by atoms with Gasteiger partial charge in [0.25, 0.3) is 5.56 Å². The maximum Gasteiger partial charge on any atom is 0.335 e. The number of pyridine rings is 1. The minimum atomic E-state index is -1.04. The third-order valence-corrected chi connectivity index (χ3v) is 6.99. The molecule has 0 aliphatic carbocycles. The summed E-state index contributed by atoms with van der Waals surface area (Å²) >= 11 is 0. The number of hydrogen-bond donors (Lipinski definition) is 1. The molecule has 1 aliphatic heterocycles. The van der Waals surface area contributed by atoms with E-state index in [1.165, 1.54) is 35.1 Å². The molecule has 0 amide bonds. The van der Waals surface area contributed by atoms with Crippen molar-refractivity contribution in [2.24, 2.45) is 0 Å². The number of carbonyl (C=O) groups is 1. The number of fused-ring (bicyclic) bond motifs is 1. The molecule has 1 unspecified atom stereocenters. The van der Waals surface area contributed by atoms with Gasteiger partial charge >= 0.3 is 5.97 Å². The molecule has 1 saturated heterocycles. The van der Waals surface area contributed by atoms with Gasteiger partial charge < -0.3 is 19.1 Å². The average Bonchev–Trinajstić information content (AvgIpc) is 3.31. The lowest BCUT2D eigenvalue weighted by molar-refractivity contribution is -0.0590. The van der Waals surface area contributed by atoms with E-state index < -0.39 is 11.8 Å². The number of aromatic nitrogens is 5. The summed E-state index contributed by atoms with van der Waals surface area (Å²) in [6.07, 6.45) is 2.37. The first-order valence-electron chi connectivity index (χ1n) is 13.1. The molecule has 3 aromatic heterocycles. The van der Waals surface area contributed by atoms with E-state index in [0.29, 0.717) is 41.3 Å². The van der Waals surface area contributed by atoms with Gasteiger partial charge in [-0.25, -0.2) is 23.8 Å². The monoisotopic (exact) mass is 566 g/mol. The van der Waals surface area contributed by atoms with Crippen LogP contribution >= 0.6 is 0 Å². The third kappa shape index (κ3) is 5.45. The van der Waals surface area contributed by atoms with Crippen LogP contribution < -0.4 is 10.3 Å². The summed E-state index contributed by atoms with van der Waals surface area (Å²) < 4.78 is 28.6. The quantitative estimate of drug-likeness (QED) is 0.282. The van der Waals surface area contributed by atoms with Crippen molar-refractivity contribution in [2.45, 2.75) is 32.2 Å². The van der Waals surface area contributed by atoms with Gasteiger partial charge in [0.05, 0.1) is 52.8 Å². The number of imidazole rings is 1. The fourth-order valence-electron chi connectivity index (χ4n) is 4.63. The number of ether oxygens (including phenoxy) is 2. The van der Waals surface area contributed by atoms with Gasteiger partial charge in [-0.05, 0) is 42.8 Å². The molecular formula is C30H23FN6O5. The van der Waals surface area contributed by atoms with E-state index in [2.05, 4.69) is 15.1 Å². The first-order valence-corrected chi connectivity index (χ1v) is 13.1. The van der Waals surface area contributed by atoms with Crippen LogP contribution in [0.1, 0.15) is 33.7 Å². The van der Waals surface area contributed by atoms with Crippen LogP contribution in [0.25, 0.3) is 22.3 Å². The molecule has 0 bridgehead atoms. The van der Waals surface area contributed by atoms with Crippen LogP contribution in [0.15, 0.2) is 71.7 Å². The van der Waals surface area contributed by atoms with Crippen molar-refractivity contribution in [3.63, 3.8) is 0 Å². The van der Waals surface area contributed by atoms with Gasteiger partial charge in [0.2, 0.25) is 5.88 Å². The number of aromatic carboxylic acids is 1. The predicted octanol–water partition coefficient (Wildman–Crippen LogP) is 3.78. The SMILES string of the molecule is N#Cc1ccc(COc2cccc(-c3cnn(Cc4nc5ccc(C(=O)O)cc5n4CC4CCO4)c(=O)c3)n2)c(F)c1. The Hall–Kier alpha value is -5.41. The molecule has 210 valence electrons. The Morgan fingerprint density at radius 3 is 2.74 bits per heavy atom. The molecule has 4 heterocycles. The van der Waals surface area contributed by atoms with Crippen LogP contribution in [0.4, 0.5) is 4.39 Å². The smallest absolute Gasteiger partial charge is 0.335 e. The van der Waals surface area contributed by atoms with Crippen LogP contribution in [-0.2, 0) is 24.4 Å². The van der Waals surface area contributed by atoms with Crippen molar-refractivity contribution in [1.82, 2.24) is 24.3 Å². The summed E-state index contributed by atoms with van der Waals surface area (Å²) in [5.74, 6) is -0.805. The Kier molecular flexibility index (Phi) is 7.16. The van der Waals surface area contributed by atoms with E-state index in [1.807, 2.05) is 10.6 Å². The highest BCUT2D eigenvalue weighted by molar-refractivity contribution is 5.92. The highest BCUT2D eigenvalue weighted by atomic mass is 19.1. The maximum absolute atomic E-state index is 14.2. The maximum atomic E-state index is 14.2. The highest BCUT2D eigenvalue weighted by Gasteiger charge is 2.23. The predicted molar refractivity (Wildman–Crippen MR) is 147 cm³/mol. The molecule has 0 spiro atoms. The summed E-state index contributed by atoms with van der Waals surface area (Å²) in [5.41, 5.74) is 2.42. The fraction of sp³-hybridized carbons (Fsp3) is 0.200. The Labute approximate surface area is 238 Å². The zero-order valence-corrected chi connectivity index (χ0v) is 22.1. The number of halogens is 1. The molecule has 5 aromatic rings. The minimum Gasteiger partial charge on any atom is -0.478 e. The molecule has 1 atom stereocenters. The Morgan fingerprint density at radius 1 is 1.17 bits per heavy atom. The summed E-state index contributed by atoms with van der Waals surface area (Å²) in [5, 5.41) is 22.7. The topological polar surface area (TPSA) is 145 Å². The second kappa shape index (κ2) is 11.2. The second-order valence-corrected chi connectivity index (χ2v) is 9.74. The lowest BCUT2D eigenvalue weighted by atomic mass is 10.1. The summed E-state index contributed by atoms with van der Waals surface area (Å²) in [6, 6.07) is 17.2. The zero-order chi connectivity index (χ0) is 29.2. The van der Waals surface area contributed by atoms with Crippen molar-refractivity contribution in [1.29, 1.82) is 5.26 Å². The molecular weight excluding hydrogens is 543 g/mol. The number of carboxylic acid groups (broad SMARTS) is 1. The molecule has 11 nitrogen and oxygen atoms in total. The number of nitrogens with zero attached hydrogens (tertiary/aromatic N) is 6. The fourth-order valence-corrected chi connectivity index (χ4v) is 4.63. The molecule has 0 radical (unpaired) electrons. The third-order valence-electron chi connectivity index (χ3n) is 6.99. The molecule has 12 heteroatoms. The lowest BCUT2D eigenvalue weighted by Crippen LogP contribution is -2.32. The number of carboxylic acids is 1. The van der Waals surface area contributed by atoms with Gasteiger partial charge in [-0.1, -0.05) is 12.1 Å². The zero-order valence-electron chi connectivity index (χ0n) is 22.1. The Bertz CT molecular complexity index is 1920. The van der Waals surface area contributed by atoms with E-state index >= 15 is 0 Å². The molecule has 1 aliphatic rings. The van der Waals surface area contributed by atoms with Gasteiger partial charge in [-0.2, -0.15) is 10.4 Å². The largest absolute Gasteiger partial charge is 0.478 e. The Morgan fingerprint density at radius 2 is 2.02 bits per heavy atom. The average molecular weight is 567 g/mol. The summed E-state index contributed by atoms with van der Waals surface area (Å²) in [6.45, 7) is 1.12. The molecule has 1 fully saturated rings. The molecule has 42 heavy (non-hydrogen) atoms. The number of rotatable bonds is 9. The van der Waals surface area contributed by atoms with Gasteiger partial charge in [-0.15, -0.1) is 0 Å². The normalized spacial score (nSPS) is 14.3. The van der Waals surface area contributed by atoms with Crippen molar-refractivity contribution in [3.05, 3.63) is 106 Å². The van der Waals surface area contributed by atoms with Crippen LogP contribution in [0.3, 0.4) is 0 Å². The first-order chi connectivity index (χ1) is 20.4. The van der Waals surface area contributed by atoms with E-state index in [4.69, 9.17) is 14.7 Å². The van der Waals surface area contributed by atoms with Crippen LogP contribution in [-0.4, -0.2) is 48.1 Å². The molecule has 6 rings (SSSR count). The van der Waals surface area contributed by atoms with E-state index in [0.717, 1.165) is 12.5 Å². The highest BCUT2D eigenvalue weighted by Crippen LogP contribution is 2.23.